The molecule has 0 radical (unpaired) electrons. The Morgan fingerprint density at radius 3 is 2.47 bits per heavy atom. The van der Waals surface area contributed by atoms with E-state index in [2.05, 4.69) is 14.6 Å². The Hall–Kier alpha value is -3.66. The first-order valence-corrected chi connectivity index (χ1v) is 14.4. The summed E-state index contributed by atoms with van der Waals surface area (Å²) in [6.45, 7) is 3.57. The normalized spacial score (nSPS) is 16.7. The van der Waals surface area contributed by atoms with Crippen LogP contribution in [0.3, 0.4) is 0 Å². The van der Waals surface area contributed by atoms with Crippen molar-refractivity contribution in [1.29, 1.82) is 0 Å². The molecule has 1 aromatic heterocycles. The molecule has 0 unspecified atom stereocenters. The van der Waals surface area contributed by atoms with Crippen LogP contribution >= 0.6 is 0 Å². The van der Waals surface area contributed by atoms with E-state index in [-0.39, 0.29) is 10.8 Å². The van der Waals surface area contributed by atoms with E-state index in [1.807, 2.05) is 54.6 Å². The molecule has 1 aliphatic carbocycles. The summed E-state index contributed by atoms with van der Waals surface area (Å²) in [6, 6.07) is 22.4. The largest absolute Gasteiger partial charge is 0.494 e. The van der Waals surface area contributed by atoms with Gasteiger partial charge < -0.3 is 19.7 Å². The van der Waals surface area contributed by atoms with Crippen LogP contribution in [-0.2, 0) is 14.8 Å². The highest BCUT2D eigenvalue weighted by Gasteiger charge is 2.26. The minimum Gasteiger partial charge on any atom is -0.494 e. The number of aromatic nitrogens is 1. The Labute approximate surface area is 222 Å². The van der Waals surface area contributed by atoms with E-state index in [9.17, 15) is 13.5 Å². The quantitative estimate of drug-likeness (QED) is 0.290. The van der Waals surface area contributed by atoms with Gasteiger partial charge in [0.25, 0.3) is 0 Å². The predicted molar refractivity (Wildman–Crippen MR) is 149 cm³/mol. The first kappa shape index (κ1) is 24.7. The Bertz CT molecular complexity index is 1570. The fourth-order valence-electron chi connectivity index (χ4n) is 4.75. The van der Waals surface area contributed by atoms with Crippen molar-refractivity contribution in [2.75, 3.05) is 37.7 Å². The van der Waals surface area contributed by atoms with Gasteiger partial charge in [-0.15, -0.1) is 0 Å². The summed E-state index contributed by atoms with van der Waals surface area (Å²) in [6.07, 6.45) is 2.11. The third-order valence-corrected chi connectivity index (χ3v) is 8.49. The first-order chi connectivity index (χ1) is 18.5. The summed E-state index contributed by atoms with van der Waals surface area (Å²) in [5.41, 5.74) is 4.28. The van der Waals surface area contributed by atoms with Crippen LogP contribution in [0.2, 0.25) is 0 Å². The lowest BCUT2D eigenvalue weighted by molar-refractivity contribution is 0.122. The third-order valence-electron chi connectivity index (χ3n) is 7.07. The second-order valence-electron chi connectivity index (χ2n) is 9.79. The van der Waals surface area contributed by atoms with Crippen molar-refractivity contribution < 1.29 is 18.3 Å². The molecule has 196 valence electrons. The Kier molecular flexibility index (Phi) is 6.65. The molecule has 6 rings (SSSR count). The average molecular weight is 531 g/mol. The number of H-pyrrole nitrogens is 1. The second kappa shape index (κ2) is 10.2. The highest BCUT2D eigenvalue weighted by atomic mass is 32.2. The van der Waals surface area contributed by atoms with Crippen molar-refractivity contribution in [3.8, 4) is 5.88 Å². The fraction of sp³-hybridized carbons (Fsp3) is 0.276. The number of aliphatic imine (C=N–C) groups is 1. The zero-order chi connectivity index (χ0) is 26.1. The maximum Gasteiger partial charge on any atom is 0.240 e. The number of sulfonamides is 1. The second-order valence-corrected chi connectivity index (χ2v) is 11.6. The van der Waals surface area contributed by atoms with Gasteiger partial charge in [0.2, 0.25) is 10.0 Å². The van der Waals surface area contributed by atoms with Crippen LogP contribution in [0.25, 0.3) is 10.9 Å². The van der Waals surface area contributed by atoms with E-state index in [4.69, 9.17) is 9.73 Å². The monoisotopic (exact) mass is 530 g/mol. The number of nitrogens with one attached hydrogen (secondary N) is 2. The highest BCUT2D eigenvalue weighted by Crippen LogP contribution is 2.34. The SMILES string of the molecule is O=S(=O)(NCC1CC1)c1ccc2[nH]c(O)c(C(=Nc3ccc(N4CCOCC4)cc3)c3ccccc3)c2c1. The van der Waals surface area contributed by atoms with Crippen molar-refractivity contribution in [2.24, 2.45) is 10.9 Å². The lowest BCUT2D eigenvalue weighted by Crippen LogP contribution is -2.36. The van der Waals surface area contributed by atoms with Crippen LogP contribution < -0.4 is 9.62 Å². The molecule has 1 aliphatic heterocycles. The zero-order valence-corrected chi connectivity index (χ0v) is 21.7. The van der Waals surface area contributed by atoms with Crippen molar-refractivity contribution in [3.63, 3.8) is 0 Å². The van der Waals surface area contributed by atoms with Crippen molar-refractivity contribution >= 4 is 38.0 Å². The molecule has 0 atom stereocenters. The number of hydrogen-bond acceptors (Lipinski definition) is 6. The van der Waals surface area contributed by atoms with Gasteiger partial charge in [0.1, 0.15) is 0 Å². The molecular weight excluding hydrogens is 500 g/mol. The molecule has 0 amide bonds. The zero-order valence-electron chi connectivity index (χ0n) is 20.9. The van der Waals surface area contributed by atoms with Gasteiger partial charge in [0.05, 0.1) is 35.1 Å². The third kappa shape index (κ3) is 5.18. The number of hydrogen-bond donors (Lipinski definition) is 3. The number of morpholine rings is 1. The van der Waals surface area contributed by atoms with Crippen LogP contribution in [0.15, 0.2) is 82.7 Å². The molecule has 38 heavy (non-hydrogen) atoms. The average Bonchev–Trinajstić information content (AvgIpc) is 3.73. The number of aromatic hydroxyl groups is 1. The number of aromatic amines is 1. The summed E-state index contributed by atoms with van der Waals surface area (Å²) in [7, 11) is -3.68. The topological polar surface area (TPSA) is 107 Å². The maximum absolute atomic E-state index is 13.0. The molecule has 8 nitrogen and oxygen atoms in total. The minimum atomic E-state index is -3.68. The summed E-state index contributed by atoms with van der Waals surface area (Å²) in [4.78, 5) is 10.4. The van der Waals surface area contributed by atoms with E-state index in [0.717, 1.165) is 42.9 Å². The summed E-state index contributed by atoms with van der Waals surface area (Å²) in [5.74, 6) is 0.361. The molecule has 4 aromatic rings. The summed E-state index contributed by atoms with van der Waals surface area (Å²) in [5, 5.41) is 11.6. The molecule has 3 N–H and O–H groups in total. The van der Waals surface area contributed by atoms with Crippen LogP contribution in [0.5, 0.6) is 5.88 Å². The molecule has 9 heteroatoms. The molecule has 3 aromatic carbocycles. The number of ether oxygens (including phenoxy) is 1. The van der Waals surface area contributed by atoms with Crippen LogP contribution in [0.4, 0.5) is 11.4 Å². The van der Waals surface area contributed by atoms with Crippen LogP contribution in [0.1, 0.15) is 24.0 Å². The van der Waals surface area contributed by atoms with Gasteiger partial charge in [-0.3, -0.25) is 0 Å². The highest BCUT2D eigenvalue weighted by molar-refractivity contribution is 7.89. The van der Waals surface area contributed by atoms with Gasteiger partial charge in [0.15, 0.2) is 5.88 Å². The van der Waals surface area contributed by atoms with Gasteiger partial charge in [-0.25, -0.2) is 18.1 Å². The first-order valence-electron chi connectivity index (χ1n) is 12.9. The van der Waals surface area contributed by atoms with Crippen LogP contribution in [0, 0.1) is 5.92 Å². The standard InChI is InChI=1S/C29H30N4O4S/c34-29-27(25-18-24(12-13-26(25)32-29)38(35,36)30-19-20-6-7-20)28(21-4-2-1-3-5-21)31-22-8-10-23(11-9-22)33-14-16-37-17-15-33/h1-5,8-13,18,20,30,32,34H,6-7,14-17,19H2. The number of nitrogens with zero attached hydrogens (tertiary/aromatic N) is 2. The molecular formula is C29H30N4O4S. The fourth-order valence-corrected chi connectivity index (χ4v) is 5.89. The van der Waals surface area contributed by atoms with E-state index < -0.39 is 10.0 Å². The van der Waals surface area contributed by atoms with Gasteiger partial charge in [-0.1, -0.05) is 30.3 Å². The lowest BCUT2D eigenvalue weighted by atomic mass is 10.0. The smallest absolute Gasteiger partial charge is 0.240 e. The molecule has 1 saturated carbocycles. The van der Waals surface area contributed by atoms with E-state index in [1.54, 1.807) is 18.2 Å². The van der Waals surface area contributed by atoms with Gasteiger partial charge in [-0.05, 0) is 61.2 Å². The molecule has 2 aliphatic rings. The molecule has 0 bridgehead atoms. The van der Waals surface area contributed by atoms with E-state index >= 15 is 0 Å². The van der Waals surface area contributed by atoms with Crippen molar-refractivity contribution in [3.05, 3.63) is 83.9 Å². The molecule has 0 spiro atoms. The Morgan fingerprint density at radius 2 is 1.76 bits per heavy atom. The number of fused-ring (bicyclic) bond motifs is 1. The molecule has 2 fully saturated rings. The van der Waals surface area contributed by atoms with Gasteiger partial charge in [0, 0.05) is 41.8 Å². The summed E-state index contributed by atoms with van der Waals surface area (Å²) < 4.78 is 34.2. The van der Waals surface area contributed by atoms with Gasteiger partial charge in [-0.2, -0.15) is 0 Å². The van der Waals surface area contributed by atoms with Crippen molar-refractivity contribution in [2.45, 2.75) is 17.7 Å². The Balaban J connectivity index is 1.42. The van der Waals surface area contributed by atoms with Crippen LogP contribution in [-0.4, -0.2) is 57.1 Å². The Morgan fingerprint density at radius 1 is 1.03 bits per heavy atom. The lowest BCUT2D eigenvalue weighted by Gasteiger charge is -2.28. The molecule has 2 heterocycles. The van der Waals surface area contributed by atoms with E-state index in [1.165, 1.54) is 0 Å². The minimum absolute atomic E-state index is 0.0620. The maximum atomic E-state index is 13.0. The predicted octanol–water partition coefficient (Wildman–Crippen LogP) is 4.57. The van der Waals surface area contributed by atoms with E-state index in [0.29, 0.717) is 47.9 Å². The summed E-state index contributed by atoms with van der Waals surface area (Å²) >= 11 is 0. The molecule has 1 saturated heterocycles. The number of rotatable bonds is 8. The van der Waals surface area contributed by atoms with Gasteiger partial charge >= 0.3 is 0 Å². The van der Waals surface area contributed by atoms with Crippen molar-refractivity contribution in [1.82, 2.24) is 9.71 Å². The number of anilines is 1. The number of benzene rings is 3.